The third kappa shape index (κ3) is 4.03. The highest BCUT2D eigenvalue weighted by Gasteiger charge is 2.19. The Hall–Kier alpha value is -0.910. The molecule has 0 heterocycles. The van der Waals surface area contributed by atoms with E-state index in [9.17, 15) is 8.42 Å². The number of sulfonamides is 1. The third-order valence-corrected chi connectivity index (χ3v) is 5.12. The van der Waals surface area contributed by atoms with Crippen molar-refractivity contribution in [3.8, 4) is 0 Å². The number of hydrogen-bond acceptors (Lipinski definition) is 3. The number of benzene rings is 1. The van der Waals surface area contributed by atoms with Crippen LogP contribution in [0.3, 0.4) is 0 Å². The van der Waals surface area contributed by atoms with E-state index in [2.05, 4.69) is 10.0 Å². The van der Waals surface area contributed by atoms with Crippen molar-refractivity contribution in [3.05, 3.63) is 29.8 Å². The largest absolute Gasteiger partial charge is 0.316 e. The summed E-state index contributed by atoms with van der Waals surface area (Å²) >= 11 is 0. The van der Waals surface area contributed by atoms with E-state index in [0.29, 0.717) is 18.0 Å². The Balaban J connectivity index is 1.95. The Morgan fingerprint density at radius 3 is 2.74 bits per heavy atom. The van der Waals surface area contributed by atoms with Crippen LogP contribution in [0.5, 0.6) is 0 Å². The third-order valence-electron chi connectivity index (χ3n) is 3.66. The summed E-state index contributed by atoms with van der Waals surface area (Å²) in [5.41, 5.74) is 0.976. The van der Waals surface area contributed by atoms with Crippen LogP contribution in [0.1, 0.15) is 31.2 Å². The molecule has 0 bridgehead atoms. The molecule has 0 spiro atoms. The van der Waals surface area contributed by atoms with Crippen LogP contribution in [0.15, 0.2) is 29.2 Å². The van der Waals surface area contributed by atoms with E-state index >= 15 is 0 Å². The lowest BCUT2D eigenvalue weighted by molar-refractivity contribution is 0.297. The minimum absolute atomic E-state index is 0.355. The molecule has 106 valence electrons. The molecule has 1 aromatic carbocycles. The van der Waals surface area contributed by atoms with Crippen molar-refractivity contribution >= 4 is 10.0 Å². The molecule has 19 heavy (non-hydrogen) atoms. The van der Waals surface area contributed by atoms with E-state index in [1.165, 1.54) is 19.3 Å². The predicted molar refractivity (Wildman–Crippen MR) is 76.4 cm³/mol. The summed E-state index contributed by atoms with van der Waals surface area (Å²) in [6, 6.07) is 7.07. The lowest BCUT2D eigenvalue weighted by Crippen LogP contribution is -2.27. The van der Waals surface area contributed by atoms with Crippen molar-refractivity contribution in [2.24, 2.45) is 5.92 Å². The SMILES string of the molecule is CNCc1cccc(S(=O)(=O)NCCC2CCC2)c1. The van der Waals surface area contributed by atoms with E-state index in [1.807, 2.05) is 13.1 Å². The fraction of sp³-hybridized carbons (Fsp3) is 0.571. The topological polar surface area (TPSA) is 58.2 Å². The lowest BCUT2D eigenvalue weighted by atomic mass is 9.83. The Labute approximate surface area is 115 Å². The summed E-state index contributed by atoms with van der Waals surface area (Å²) in [7, 11) is -1.51. The van der Waals surface area contributed by atoms with Crippen LogP contribution in [0.4, 0.5) is 0 Å². The first-order valence-electron chi connectivity index (χ1n) is 6.85. The molecule has 1 aromatic rings. The second-order valence-corrected chi connectivity index (χ2v) is 6.93. The molecule has 2 N–H and O–H groups in total. The van der Waals surface area contributed by atoms with Crippen molar-refractivity contribution in [2.45, 2.75) is 37.1 Å². The zero-order valence-electron chi connectivity index (χ0n) is 11.4. The van der Waals surface area contributed by atoms with Crippen LogP contribution in [-0.4, -0.2) is 22.0 Å². The molecule has 0 saturated heterocycles. The summed E-state index contributed by atoms with van der Waals surface area (Å²) in [5, 5.41) is 3.02. The molecule has 0 amide bonds. The van der Waals surface area contributed by atoms with Crippen LogP contribution in [0, 0.1) is 5.92 Å². The van der Waals surface area contributed by atoms with Gasteiger partial charge in [0.05, 0.1) is 4.90 Å². The minimum atomic E-state index is -3.36. The molecule has 5 heteroatoms. The van der Waals surface area contributed by atoms with Crippen LogP contribution in [-0.2, 0) is 16.6 Å². The van der Waals surface area contributed by atoms with Gasteiger partial charge in [-0.2, -0.15) is 0 Å². The standard InChI is InChI=1S/C14H22N2O2S/c1-15-11-13-6-3-7-14(10-13)19(17,18)16-9-8-12-4-2-5-12/h3,6-7,10,12,15-16H,2,4-5,8-9,11H2,1H3. The van der Waals surface area contributed by atoms with Crippen LogP contribution in [0.2, 0.25) is 0 Å². The summed E-state index contributed by atoms with van der Waals surface area (Å²) in [5.74, 6) is 0.721. The Morgan fingerprint density at radius 1 is 1.32 bits per heavy atom. The van der Waals surface area contributed by atoms with Crippen molar-refractivity contribution in [1.82, 2.24) is 10.0 Å². The van der Waals surface area contributed by atoms with Gasteiger partial charge in [-0.1, -0.05) is 31.4 Å². The molecule has 1 aliphatic carbocycles. The highest BCUT2D eigenvalue weighted by atomic mass is 32.2. The number of hydrogen-bond donors (Lipinski definition) is 2. The summed E-state index contributed by atoms with van der Waals surface area (Å²) in [6.45, 7) is 1.22. The average Bonchev–Trinajstić information content (AvgIpc) is 2.33. The maximum Gasteiger partial charge on any atom is 0.240 e. The van der Waals surface area contributed by atoms with E-state index in [0.717, 1.165) is 17.9 Å². The highest BCUT2D eigenvalue weighted by molar-refractivity contribution is 7.89. The fourth-order valence-electron chi connectivity index (χ4n) is 2.29. The minimum Gasteiger partial charge on any atom is -0.316 e. The maximum absolute atomic E-state index is 12.1. The molecule has 0 aliphatic heterocycles. The van der Waals surface area contributed by atoms with Crippen molar-refractivity contribution in [2.75, 3.05) is 13.6 Å². The molecule has 4 nitrogen and oxygen atoms in total. The zero-order valence-corrected chi connectivity index (χ0v) is 12.2. The van der Waals surface area contributed by atoms with Gasteiger partial charge in [-0.15, -0.1) is 0 Å². The van der Waals surface area contributed by atoms with Crippen LogP contribution in [0.25, 0.3) is 0 Å². The molecule has 0 unspecified atom stereocenters. The second-order valence-electron chi connectivity index (χ2n) is 5.16. The Morgan fingerprint density at radius 2 is 2.11 bits per heavy atom. The monoisotopic (exact) mass is 282 g/mol. The van der Waals surface area contributed by atoms with E-state index in [4.69, 9.17) is 0 Å². The second kappa shape index (κ2) is 6.50. The first-order valence-corrected chi connectivity index (χ1v) is 8.33. The number of nitrogens with one attached hydrogen (secondary N) is 2. The van der Waals surface area contributed by atoms with Gasteiger partial charge in [-0.3, -0.25) is 0 Å². The molecule has 2 rings (SSSR count). The molecular weight excluding hydrogens is 260 g/mol. The van der Waals surface area contributed by atoms with Gasteiger partial charge in [-0.05, 0) is 37.1 Å². The van der Waals surface area contributed by atoms with Crippen LogP contribution < -0.4 is 10.0 Å². The fourth-order valence-corrected chi connectivity index (χ4v) is 3.41. The molecule has 0 aromatic heterocycles. The van der Waals surface area contributed by atoms with E-state index < -0.39 is 10.0 Å². The summed E-state index contributed by atoms with van der Waals surface area (Å²) in [6.07, 6.45) is 4.75. The van der Waals surface area contributed by atoms with E-state index in [1.54, 1.807) is 18.2 Å². The first-order chi connectivity index (χ1) is 9.12. The van der Waals surface area contributed by atoms with Gasteiger partial charge in [0.1, 0.15) is 0 Å². The normalized spacial score (nSPS) is 16.3. The quantitative estimate of drug-likeness (QED) is 0.803. The molecular formula is C14H22N2O2S. The van der Waals surface area contributed by atoms with Crippen molar-refractivity contribution < 1.29 is 8.42 Å². The van der Waals surface area contributed by atoms with Gasteiger partial charge in [-0.25, -0.2) is 13.1 Å². The van der Waals surface area contributed by atoms with Crippen molar-refractivity contribution in [3.63, 3.8) is 0 Å². The van der Waals surface area contributed by atoms with Gasteiger partial charge in [0, 0.05) is 13.1 Å². The van der Waals surface area contributed by atoms with Crippen molar-refractivity contribution in [1.29, 1.82) is 0 Å². The zero-order chi connectivity index (χ0) is 13.7. The smallest absolute Gasteiger partial charge is 0.240 e. The van der Waals surface area contributed by atoms with Gasteiger partial charge >= 0.3 is 0 Å². The molecule has 1 saturated carbocycles. The molecule has 0 radical (unpaired) electrons. The Kier molecular flexibility index (Phi) is 4.96. The number of rotatable bonds is 7. The summed E-state index contributed by atoms with van der Waals surface area (Å²) in [4.78, 5) is 0.355. The van der Waals surface area contributed by atoms with Gasteiger partial charge < -0.3 is 5.32 Å². The highest BCUT2D eigenvalue weighted by Crippen LogP contribution is 2.28. The Bertz CT molecular complexity index is 510. The maximum atomic E-state index is 12.1. The predicted octanol–water partition coefficient (Wildman–Crippen LogP) is 1.87. The average molecular weight is 282 g/mol. The summed E-state index contributed by atoms with van der Waals surface area (Å²) < 4.78 is 27.0. The molecule has 1 fully saturated rings. The first kappa shape index (κ1) is 14.5. The van der Waals surface area contributed by atoms with Gasteiger partial charge in [0.2, 0.25) is 10.0 Å². The molecule has 1 aliphatic rings. The molecule has 0 atom stereocenters. The van der Waals surface area contributed by atoms with Gasteiger partial charge in [0.25, 0.3) is 0 Å². The lowest BCUT2D eigenvalue weighted by Gasteiger charge is -2.25. The van der Waals surface area contributed by atoms with Gasteiger partial charge in [0.15, 0.2) is 0 Å². The van der Waals surface area contributed by atoms with Crippen LogP contribution >= 0.6 is 0 Å². The van der Waals surface area contributed by atoms with E-state index in [-0.39, 0.29) is 0 Å².